The molecule has 1 saturated heterocycles. The zero-order valence-corrected chi connectivity index (χ0v) is 18.8. The number of anilines is 1. The summed E-state index contributed by atoms with van der Waals surface area (Å²) in [5.74, 6) is 0.245. The van der Waals surface area contributed by atoms with Crippen LogP contribution in [0.1, 0.15) is 28.9 Å². The molecule has 2 amide bonds. The third-order valence-electron chi connectivity index (χ3n) is 6.00. The van der Waals surface area contributed by atoms with Crippen LogP contribution in [-0.4, -0.2) is 39.2 Å². The number of hydrogen-bond acceptors (Lipinski definition) is 4. The molecule has 1 fully saturated rings. The quantitative estimate of drug-likeness (QED) is 0.468. The number of fused-ring (bicyclic) bond motifs is 1. The highest BCUT2D eigenvalue weighted by atomic mass is 16.5. The van der Waals surface area contributed by atoms with Gasteiger partial charge in [-0.05, 0) is 55.3 Å². The Kier molecular flexibility index (Phi) is 6.25. The Hall–Kier alpha value is -4.13. The van der Waals surface area contributed by atoms with Gasteiger partial charge in [0.1, 0.15) is 18.0 Å². The Morgan fingerprint density at radius 2 is 1.88 bits per heavy atom. The van der Waals surface area contributed by atoms with Gasteiger partial charge in [-0.3, -0.25) is 9.59 Å². The molecule has 1 aliphatic heterocycles. The Morgan fingerprint density at radius 1 is 1.03 bits per heavy atom. The highest BCUT2D eigenvalue weighted by molar-refractivity contribution is 5.96. The standard InChI is InChI=1S/C27H26N4O3/c32-26(29-22-10-2-1-3-11-22)21-9-7-15-31(17-21)27(33)20-8-6-12-24(16-20)34-19-23-18-30-14-5-4-13-25(30)28-23/h1-6,8,10-14,16,18,21H,7,9,15,17,19H2,(H,29,32)/t21-/m0/s1. The SMILES string of the molecule is O=C(Nc1ccccc1)[C@H]1CCCN(C(=O)c2cccc(OCc3cn4ccccc4n3)c2)C1. The van der Waals surface area contributed by atoms with E-state index < -0.39 is 0 Å². The van der Waals surface area contributed by atoms with Gasteiger partial charge in [0.25, 0.3) is 5.91 Å². The number of imidazole rings is 1. The fraction of sp³-hybridized carbons (Fsp3) is 0.222. The van der Waals surface area contributed by atoms with Gasteiger partial charge in [0.05, 0.1) is 11.6 Å². The van der Waals surface area contributed by atoms with E-state index in [0.29, 0.717) is 31.0 Å². The average molecular weight is 455 g/mol. The van der Waals surface area contributed by atoms with E-state index in [0.717, 1.165) is 29.9 Å². The van der Waals surface area contributed by atoms with Crippen molar-refractivity contribution in [2.75, 3.05) is 18.4 Å². The molecule has 1 atom stereocenters. The molecule has 172 valence electrons. The van der Waals surface area contributed by atoms with E-state index in [1.165, 1.54) is 0 Å². The maximum atomic E-state index is 13.2. The van der Waals surface area contributed by atoms with Crippen molar-refractivity contribution in [3.8, 4) is 5.75 Å². The molecule has 7 heteroatoms. The van der Waals surface area contributed by atoms with Crippen LogP contribution in [0, 0.1) is 5.92 Å². The number of carbonyl (C=O) groups excluding carboxylic acids is 2. The number of aromatic nitrogens is 2. The Balaban J connectivity index is 1.21. The van der Waals surface area contributed by atoms with Gasteiger partial charge >= 0.3 is 0 Å². The highest BCUT2D eigenvalue weighted by Crippen LogP contribution is 2.22. The van der Waals surface area contributed by atoms with Gasteiger partial charge in [-0.25, -0.2) is 4.98 Å². The highest BCUT2D eigenvalue weighted by Gasteiger charge is 2.29. The van der Waals surface area contributed by atoms with Crippen LogP contribution in [0.25, 0.3) is 5.65 Å². The third-order valence-corrected chi connectivity index (χ3v) is 6.00. The summed E-state index contributed by atoms with van der Waals surface area (Å²) in [4.78, 5) is 32.2. The number of likely N-dealkylation sites (tertiary alicyclic amines) is 1. The zero-order valence-electron chi connectivity index (χ0n) is 18.8. The van der Waals surface area contributed by atoms with Gasteiger partial charge in [-0.2, -0.15) is 0 Å². The van der Waals surface area contributed by atoms with Crippen molar-refractivity contribution < 1.29 is 14.3 Å². The predicted molar refractivity (Wildman–Crippen MR) is 130 cm³/mol. The van der Waals surface area contributed by atoms with Gasteiger partial charge in [-0.15, -0.1) is 0 Å². The summed E-state index contributed by atoms with van der Waals surface area (Å²) in [6.07, 6.45) is 5.43. The van der Waals surface area contributed by atoms with E-state index in [4.69, 9.17) is 4.74 Å². The van der Waals surface area contributed by atoms with Crippen LogP contribution in [0.5, 0.6) is 5.75 Å². The zero-order chi connectivity index (χ0) is 23.3. The summed E-state index contributed by atoms with van der Waals surface area (Å²) in [5, 5.41) is 2.96. The molecule has 0 aliphatic carbocycles. The maximum Gasteiger partial charge on any atom is 0.254 e. The monoisotopic (exact) mass is 454 g/mol. The van der Waals surface area contributed by atoms with E-state index in [9.17, 15) is 9.59 Å². The fourth-order valence-electron chi connectivity index (χ4n) is 4.26. The number of pyridine rings is 1. The van der Waals surface area contributed by atoms with Crippen LogP contribution < -0.4 is 10.1 Å². The number of piperidine rings is 1. The Morgan fingerprint density at radius 3 is 2.74 bits per heavy atom. The van der Waals surface area contributed by atoms with E-state index >= 15 is 0 Å². The Labute approximate surface area is 198 Å². The topological polar surface area (TPSA) is 75.9 Å². The van der Waals surface area contributed by atoms with Crippen LogP contribution in [0.2, 0.25) is 0 Å². The van der Waals surface area contributed by atoms with Gasteiger partial charge in [0.2, 0.25) is 5.91 Å². The molecule has 1 N–H and O–H groups in total. The smallest absolute Gasteiger partial charge is 0.254 e. The number of nitrogens with one attached hydrogen (secondary N) is 1. The van der Waals surface area contributed by atoms with Crippen molar-refractivity contribution in [2.45, 2.75) is 19.4 Å². The summed E-state index contributed by atoms with van der Waals surface area (Å²) in [6, 6.07) is 22.4. The molecule has 2 aromatic heterocycles. The molecule has 2 aromatic carbocycles. The molecule has 0 radical (unpaired) electrons. The number of hydrogen-bond donors (Lipinski definition) is 1. The first-order valence-corrected chi connectivity index (χ1v) is 11.5. The normalized spacial score (nSPS) is 15.8. The van der Waals surface area contributed by atoms with E-state index in [-0.39, 0.29) is 17.7 Å². The van der Waals surface area contributed by atoms with E-state index in [1.54, 1.807) is 17.0 Å². The summed E-state index contributed by atoms with van der Waals surface area (Å²) in [5.41, 5.74) is 3.00. The van der Waals surface area contributed by atoms with Gasteiger partial charge in [0.15, 0.2) is 0 Å². The lowest BCUT2D eigenvalue weighted by Crippen LogP contribution is -2.43. The maximum absolute atomic E-state index is 13.2. The molecule has 0 spiro atoms. The number of rotatable bonds is 6. The van der Waals surface area contributed by atoms with Crippen LogP contribution >= 0.6 is 0 Å². The molecular formula is C27H26N4O3. The minimum atomic E-state index is -0.229. The molecule has 5 rings (SSSR count). The number of carbonyl (C=O) groups is 2. The van der Waals surface area contributed by atoms with Gasteiger partial charge in [0, 0.05) is 36.7 Å². The van der Waals surface area contributed by atoms with E-state index in [1.807, 2.05) is 77.5 Å². The lowest BCUT2D eigenvalue weighted by Gasteiger charge is -2.32. The number of nitrogens with zero attached hydrogens (tertiary/aromatic N) is 3. The lowest BCUT2D eigenvalue weighted by atomic mass is 9.96. The number of ether oxygens (including phenoxy) is 1. The molecule has 0 bridgehead atoms. The van der Waals surface area contributed by atoms with Crippen molar-refractivity contribution in [2.24, 2.45) is 5.92 Å². The van der Waals surface area contributed by atoms with Crippen LogP contribution in [0.4, 0.5) is 5.69 Å². The lowest BCUT2D eigenvalue weighted by molar-refractivity contribution is -0.121. The van der Waals surface area contributed by atoms with E-state index in [2.05, 4.69) is 10.3 Å². The third kappa shape index (κ3) is 4.93. The summed E-state index contributed by atoms with van der Waals surface area (Å²) in [7, 11) is 0. The summed E-state index contributed by atoms with van der Waals surface area (Å²) < 4.78 is 7.86. The second-order valence-corrected chi connectivity index (χ2v) is 8.46. The first-order chi connectivity index (χ1) is 16.7. The number of para-hydroxylation sites is 1. The molecular weight excluding hydrogens is 428 g/mol. The van der Waals surface area contributed by atoms with Crippen molar-refractivity contribution in [3.05, 3.63) is 96.4 Å². The largest absolute Gasteiger partial charge is 0.487 e. The first-order valence-electron chi connectivity index (χ1n) is 11.5. The fourth-order valence-corrected chi connectivity index (χ4v) is 4.26. The number of amides is 2. The van der Waals surface area contributed by atoms with Gasteiger partial charge < -0.3 is 19.4 Å². The van der Waals surface area contributed by atoms with Crippen LogP contribution in [0.15, 0.2) is 85.2 Å². The molecule has 4 aromatic rings. The second kappa shape index (κ2) is 9.79. The molecule has 0 saturated carbocycles. The van der Waals surface area contributed by atoms with Crippen molar-refractivity contribution in [1.29, 1.82) is 0 Å². The predicted octanol–water partition coefficient (Wildman–Crippen LogP) is 4.40. The molecule has 0 unspecified atom stereocenters. The van der Waals surface area contributed by atoms with Gasteiger partial charge in [-0.1, -0.05) is 30.3 Å². The van der Waals surface area contributed by atoms with Crippen molar-refractivity contribution in [1.82, 2.24) is 14.3 Å². The average Bonchev–Trinajstić information content (AvgIpc) is 3.31. The molecule has 1 aliphatic rings. The molecule has 7 nitrogen and oxygen atoms in total. The van der Waals surface area contributed by atoms with Crippen molar-refractivity contribution >= 4 is 23.1 Å². The minimum absolute atomic E-state index is 0.0479. The van der Waals surface area contributed by atoms with Crippen LogP contribution in [-0.2, 0) is 11.4 Å². The number of benzene rings is 2. The van der Waals surface area contributed by atoms with Crippen LogP contribution in [0.3, 0.4) is 0 Å². The first kappa shape index (κ1) is 21.7. The minimum Gasteiger partial charge on any atom is -0.487 e. The molecule has 3 heterocycles. The van der Waals surface area contributed by atoms with Crippen molar-refractivity contribution in [3.63, 3.8) is 0 Å². The molecule has 34 heavy (non-hydrogen) atoms. The Bertz CT molecular complexity index is 1270. The summed E-state index contributed by atoms with van der Waals surface area (Å²) in [6.45, 7) is 1.36. The second-order valence-electron chi connectivity index (χ2n) is 8.46. The summed E-state index contributed by atoms with van der Waals surface area (Å²) >= 11 is 0.